The number of nitrogens with one attached hydrogen (secondary N) is 1. The molecule has 4 nitrogen and oxygen atoms in total. The van der Waals surface area contributed by atoms with Crippen LogP contribution in [0.1, 0.15) is 35.7 Å². The topological polar surface area (TPSA) is 47.6 Å². The van der Waals surface area contributed by atoms with Crippen LogP contribution in [0.15, 0.2) is 78.9 Å². The van der Waals surface area contributed by atoms with Gasteiger partial charge in [-0.05, 0) is 48.4 Å². The largest absolute Gasteiger partial charge is 0.494 e. The van der Waals surface area contributed by atoms with Gasteiger partial charge in [-0.3, -0.25) is 4.79 Å². The number of ether oxygens (including phenoxy) is 2. The molecule has 0 atom stereocenters. The number of carbonyl (C=O) groups is 1. The van der Waals surface area contributed by atoms with Gasteiger partial charge in [0.1, 0.15) is 11.5 Å². The lowest BCUT2D eigenvalue weighted by Crippen LogP contribution is -2.14. The Morgan fingerprint density at radius 2 is 1.55 bits per heavy atom. The van der Waals surface area contributed by atoms with Crippen molar-refractivity contribution in [2.45, 2.75) is 26.2 Å². The molecule has 0 heterocycles. The maximum absolute atomic E-state index is 12.7. The summed E-state index contributed by atoms with van der Waals surface area (Å²) in [6.45, 7) is 3.35. The van der Waals surface area contributed by atoms with Gasteiger partial charge < -0.3 is 14.8 Å². The highest BCUT2D eigenvalue weighted by Crippen LogP contribution is 2.21. The standard InChI is InChI=1S/C25H27NO3/c1-2-3-18-28-22-15-13-21(14-16-22)26-25(27)23-11-7-8-12-24(23)29-19-17-20-9-5-4-6-10-20/h4-16H,2-3,17-19H2,1H3,(H,26,27). The second kappa shape index (κ2) is 10.9. The van der Waals surface area contributed by atoms with Crippen LogP contribution in [0.3, 0.4) is 0 Å². The maximum atomic E-state index is 12.7. The number of para-hydroxylation sites is 1. The third-order valence-electron chi connectivity index (χ3n) is 4.50. The fourth-order valence-corrected chi connectivity index (χ4v) is 2.87. The number of carbonyl (C=O) groups excluding carboxylic acids is 1. The van der Waals surface area contributed by atoms with Crippen LogP contribution in [0.4, 0.5) is 5.69 Å². The summed E-state index contributed by atoms with van der Waals surface area (Å²) in [5.74, 6) is 1.20. The molecule has 29 heavy (non-hydrogen) atoms. The summed E-state index contributed by atoms with van der Waals surface area (Å²) in [4.78, 5) is 12.7. The van der Waals surface area contributed by atoms with Gasteiger partial charge in [0.05, 0.1) is 18.8 Å². The van der Waals surface area contributed by atoms with E-state index in [4.69, 9.17) is 9.47 Å². The van der Waals surface area contributed by atoms with Crippen LogP contribution in [-0.2, 0) is 6.42 Å². The van der Waals surface area contributed by atoms with E-state index in [2.05, 4.69) is 24.4 Å². The first kappa shape index (κ1) is 20.5. The second-order valence-corrected chi connectivity index (χ2v) is 6.76. The molecule has 3 rings (SSSR count). The Morgan fingerprint density at radius 3 is 2.31 bits per heavy atom. The molecule has 0 aliphatic carbocycles. The number of amides is 1. The summed E-state index contributed by atoms with van der Waals surface area (Å²) >= 11 is 0. The molecule has 0 aromatic heterocycles. The molecular formula is C25H27NO3. The third kappa shape index (κ3) is 6.39. The predicted molar refractivity (Wildman–Crippen MR) is 117 cm³/mol. The molecule has 4 heteroatoms. The SMILES string of the molecule is CCCCOc1ccc(NC(=O)c2ccccc2OCCc2ccccc2)cc1. The summed E-state index contributed by atoms with van der Waals surface area (Å²) < 4.78 is 11.6. The van der Waals surface area contributed by atoms with Crippen LogP contribution in [-0.4, -0.2) is 19.1 Å². The first-order chi connectivity index (χ1) is 14.3. The van der Waals surface area contributed by atoms with Gasteiger partial charge in [-0.1, -0.05) is 55.8 Å². The monoisotopic (exact) mass is 389 g/mol. The van der Waals surface area contributed by atoms with E-state index in [9.17, 15) is 4.79 Å². The average Bonchev–Trinajstić information content (AvgIpc) is 2.76. The van der Waals surface area contributed by atoms with E-state index in [1.165, 1.54) is 5.56 Å². The number of benzene rings is 3. The lowest BCUT2D eigenvalue weighted by molar-refractivity contribution is 0.102. The van der Waals surface area contributed by atoms with E-state index < -0.39 is 0 Å². The number of hydrogen-bond donors (Lipinski definition) is 1. The summed E-state index contributed by atoms with van der Waals surface area (Å²) in [6, 6.07) is 24.9. The summed E-state index contributed by atoms with van der Waals surface area (Å²) in [5, 5.41) is 2.93. The molecule has 0 unspecified atom stereocenters. The van der Waals surface area contributed by atoms with Crippen LogP contribution in [0.2, 0.25) is 0 Å². The van der Waals surface area contributed by atoms with E-state index in [1.54, 1.807) is 6.07 Å². The number of rotatable bonds is 10. The summed E-state index contributed by atoms with van der Waals surface area (Å²) in [6.07, 6.45) is 2.91. The van der Waals surface area contributed by atoms with Crippen LogP contribution < -0.4 is 14.8 Å². The van der Waals surface area contributed by atoms with Crippen LogP contribution in [0, 0.1) is 0 Å². The molecule has 1 N–H and O–H groups in total. The van der Waals surface area contributed by atoms with Crippen molar-refractivity contribution < 1.29 is 14.3 Å². The molecule has 0 bridgehead atoms. The van der Waals surface area contributed by atoms with Crippen molar-refractivity contribution in [1.82, 2.24) is 0 Å². The molecule has 0 spiro atoms. The van der Waals surface area contributed by atoms with Crippen molar-refractivity contribution in [1.29, 1.82) is 0 Å². The lowest BCUT2D eigenvalue weighted by atomic mass is 10.1. The summed E-state index contributed by atoms with van der Waals surface area (Å²) in [5.41, 5.74) is 2.44. The molecule has 0 aliphatic heterocycles. The van der Waals surface area contributed by atoms with Gasteiger partial charge in [-0.2, -0.15) is 0 Å². The fraction of sp³-hybridized carbons (Fsp3) is 0.240. The van der Waals surface area contributed by atoms with E-state index in [-0.39, 0.29) is 5.91 Å². The second-order valence-electron chi connectivity index (χ2n) is 6.76. The molecule has 1 amide bonds. The van der Waals surface area contributed by atoms with Gasteiger partial charge in [0.15, 0.2) is 0 Å². The van der Waals surface area contributed by atoms with E-state index in [1.807, 2.05) is 60.7 Å². The van der Waals surface area contributed by atoms with Gasteiger partial charge in [-0.15, -0.1) is 0 Å². The molecule has 3 aromatic rings. The first-order valence-electron chi connectivity index (χ1n) is 10.1. The minimum atomic E-state index is -0.194. The zero-order valence-electron chi connectivity index (χ0n) is 16.8. The molecule has 0 radical (unpaired) electrons. The Bertz CT molecular complexity index is 891. The number of hydrogen-bond acceptors (Lipinski definition) is 3. The van der Waals surface area contributed by atoms with Crippen molar-refractivity contribution in [3.05, 3.63) is 90.0 Å². The predicted octanol–water partition coefficient (Wildman–Crippen LogP) is 5.74. The van der Waals surface area contributed by atoms with Gasteiger partial charge in [0, 0.05) is 12.1 Å². The van der Waals surface area contributed by atoms with Crippen molar-refractivity contribution in [2.75, 3.05) is 18.5 Å². The first-order valence-corrected chi connectivity index (χ1v) is 10.1. The highest BCUT2D eigenvalue weighted by Gasteiger charge is 2.12. The Labute approximate surface area is 172 Å². The highest BCUT2D eigenvalue weighted by atomic mass is 16.5. The lowest BCUT2D eigenvalue weighted by Gasteiger charge is -2.12. The molecular weight excluding hydrogens is 362 g/mol. The van der Waals surface area contributed by atoms with Crippen molar-refractivity contribution in [2.24, 2.45) is 0 Å². The molecule has 150 valence electrons. The van der Waals surface area contributed by atoms with E-state index in [0.717, 1.165) is 30.7 Å². The van der Waals surface area contributed by atoms with Gasteiger partial charge in [0.25, 0.3) is 5.91 Å². The summed E-state index contributed by atoms with van der Waals surface area (Å²) in [7, 11) is 0. The highest BCUT2D eigenvalue weighted by molar-refractivity contribution is 6.06. The number of unbranched alkanes of at least 4 members (excludes halogenated alkanes) is 1. The third-order valence-corrected chi connectivity index (χ3v) is 4.50. The van der Waals surface area contributed by atoms with Crippen molar-refractivity contribution >= 4 is 11.6 Å². The molecule has 3 aromatic carbocycles. The zero-order chi connectivity index (χ0) is 20.3. The van der Waals surface area contributed by atoms with Crippen LogP contribution in [0.25, 0.3) is 0 Å². The Hall–Kier alpha value is -3.27. The molecule has 0 aliphatic rings. The minimum absolute atomic E-state index is 0.194. The molecule has 0 saturated heterocycles. The molecule has 0 saturated carbocycles. The van der Waals surface area contributed by atoms with E-state index >= 15 is 0 Å². The van der Waals surface area contributed by atoms with Crippen LogP contribution >= 0.6 is 0 Å². The maximum Gasteiger partial charge on any atom is 0.259 e. The van der Waals surface area contributed by atoms with Crippen molar-refractivity contribution in [3.63, 3.8) is 0 Å². The van der Waals surface area contributed by atoms with Gasteiger partial charge in [-0.25, -0.2) is 0 Å². The number of anilines is 1. The van der Waals surface area contributed by atoms with Crippen LogP contribution in [0.5, 0.6) is 11.5 Å². The zero-order valence-corrected chi connectivity index (χ0v) is 16.8. The smallest absolute Gasteiger partial charge is 0.259 e. The fourth-order valence-electron chi connectivity index (χ4n) is 2.87. The van der Waals surface area contributed by atoms with Gasteiger partial charge in [0.2, 0.25) is 0 Å². The van der Waals surface area contributed by atoms with Crippen molar-refractivity contribution in [3.8, 4) is 11.5 Å². The minimum Gasteiger partial charge on any atom is -0.494 e. The van der Waals surface area contributed by atoms with E-state index in [0.29, 0.717) is 24.5 Å². The normalized spacial score (nSPS) is 10.4. The quantitative estimate of drug-likeness (QED) is 0.450. The Balaban J connectivity index is 1.57. The Kier molecular flexibility index (Phi) is 7.70. The average molecular weight is 389 g/mol. The Morgan fingerprint density at radius 1 is 0.828 bits per heavy atom. The molecule has 0 fully saturated rings. The van der Waals surface area contributed by atoms with Gasteiger partial charge >= 0.3 is 0 Å².